The molecule has 0 aliphatic carbocycles. The highest BCUT2D eigenvalue weighted by Gasteiger charge is 2.26. The minimum Gasteiger partial charge on any atom is -0.462 e. The van der Waals surface area contributed by atoms with E-state index in [0.29, 0.717) is 49.4 Å². The highest BCUT2D eigenvalue weighted by atomic mass is 19.1. The van der Waals surface area contributed by atoms with Gasteiger partial charge in [-0.15, -0.1) is 0 Å². The van der Waals surface area contributed by atoms with E-state index >= 15 is 0 Å². The van der Waals surface area contributed by atoms with E-state index in [2.05, 4.69) is 10.00 Å². The van der Waals surface area contributed by atoms with Gasteiger partial charge < -0.3 is 10.5 Å². The van der Waals surface area contributed by atoms with E-state index in [1.165, 1.54) is 18.3 Å². The molecule has 3 rings (SSSR count). The van der Waals surface area contributed by atoms with Crippen LogP contribution < -0.4 is 5.73 Å². The molecule has 0 bridgehead atoms. The molecule has 1 aromatic heterocycles. The zero-order valence-corrected chi connectivity index (χ0v) is 15.2. The Labute approximate surface area is 156 Å². The van der Waals surface area contributed by atoms with Crippen molar-refractivity contribution in [3.8, 4) is 5.69 Å². The molecule has 0 unspecified atom stereocenters. The van der Waals surface area contributed by atoms with Crippen LogP contribution >= 0.6 is 0 Å². The normalized spacial score (nSPS) is 15.6. The monoisotopic (exact) mass is 374 g/mol. The summed E-state index contributed by atoms with van der Waals surface area (Å²) in [5, 5.41) is 4.32. The minimum absolute atomic E-state index is 0.104. The summed E-state index contributed by atoms with van der Waals surface area (Å²) in [4.78, 5) is 25.8. The molecule has 0 spiro atoms. The van der Waals surface area contributed by atoms with Crippen LogP contribution in [0.4, 0.5) is 4.39 Å². The smallest absolute Gasteiger partial charge is 0.341 e. The molecule has 1 aliphatic heterocycles. The predicted molar refractivity (Wildman–Crippen MR) is 96.7 cm³/mol. The zero-order valence-electron chi connectivity index (χ0n) is 15.2. The number of piperidine rings is 1. The molecule has 2 heterocycles. The topological polar surface area (TPSA) is 90.4 Å². The molecule has 1 aliphatic rings. The lowest BCUT2D eigenvalue weighted by atomic mass is 9.96. The first-order chi connectivity index (χ1) is 13.0. The maximum Gasteiger partial charge on any atom is 0.341 e. The second kappa shape index (κ2) is 8.30. The number of benzene rings is 1. The van der Waals surface area contributed by atoms with Crippen LogP contribution in [0, 0.1) is 11.7 Å². The molecule has 1 amide bonds. The Bertz CT molecular complexity index is 811. The van der Waals surface area contributed by atoms with Gasteiger partial charge in [-0.05, 0) is 57.1 Å². The van der Waals surface area contributed by atoms with Crippen molar-refractivity contribution in [1.29, 1.82) is 0 Å². The van der Waals surface area contributed by atoms with Gasteiger partial charge in [-0.2, -0.15) is 5.10 Å². The summed E-state index contributed by atoms with van der Waals surface area (Å²) in [6.45, 7) is 3.88. The fourth-order valence-corrected chi connectivity index (χ4v) is 3.30. The molecule has 0 radical (unpaired) electrons. The molecule has 8 heteroatoms. The quantitative estimate of drug-likeness (QED) is 0.780. The van der Waals surface area contributed by atoms with Gasteiger partial charge in [0, 0.05) is 12.5 Å². The van der Waals surface area contributed by atoms with Gasteiger partial charge in [0.1, 0.15) is 11.4 Å². The Morgan fingerprint density at radius 3 is 2.52 bits per heavy atom. The number of halogens is 1. The Balaban J connectivity index is 1.86. The van der Waals surface area contributed by atoms with Crippen LogP contribution in [0.3, 0.4) is 0 Å². The van der Waals surface area contributed by atoms with Gasteiger partial charge in [0.05, 0.1) is 24.2 Å². The molecular weight excluding hydrogens is 351 g/mol. The zero-order chi connectivity index (χ0) is 19.4. The number of nitrogens with zero attached hydrogens (tertiary/aromatic N) is 3. The van der Waals surface area contributed by atoms with Gasteiger partial charge in [0.2, 0.25) is 5.91 Å². The van der Waals surface area contributed by atoms with E-state index in [0.717, 1.165) is 0 Å². The largest absolute Gasteiger partial charge is 0.462 e. The lowest BCUT2D eigenvalue weighted by Crippen LogP contribution is -2.38. The molecule has 1 fully saturated rings. The molecule has 2 aromatic rings. The number of hydrogen-bond acceptors (Lipinski definition) is 5. The molecule has 7 nitrogen and oxygen atoms in total. The number of amides is 1. The van der Waals surface area contributed by atoms with Crippen LogP contribution in [0.1, 0.15) is 35.8 Å². The molecule has 0 saturated carbocycles. The first-order valence-corrected chi connectivity index (χ1v) is 9.01. The SMILES string of the molecule is CCOC(=O)c1cnn(-c2ccc(F)cc2)c1CN1CCC(C(N)=O)CC1. The van der Waals surface area contributed by atoms with E-state index in [1.807, 2.05) is 0 Å². The van der Waals surface area contributed by atoms with Crippen molar-refractivity contribution in [2.45, 2.75) is 26.3 Å². The predicted octanol–water partition coefficient (Wildman–Crippen LogP) is 1.89. The number of carbonyl (C=O) groups is 2. The molecule has 27 heavy (non-hydrogen) atoms. The number of carbonyl (C=O) groups excluding carboxylic acids is 2. The summed E-state index contributed by atoms with van der Waals surface area (Å²) in [7, 11) is 0. The molecule has 0 atom stereocenters. The van der Waals surface area contributed by atoms with Gasteiger partial charge >= 0.3 is 5.97 Å². The van der Waals surface area contributed by atoms with Crippen LogP contribution in [-0.4, -0.2) is 46.3 Å². The standard InChI is InChI=1S/C19H23FN4O3/c1-2-27-19(26)16-11-22-24(15-5-3-14(20)4-6-15)17(16)12-23-9-7-13(8-10-23)18(21)25/h3-6,11,13H,2,7-10,12H2,1H3,(H2,21,25). The lowest BCUT2D eigenvalue weighted by molar-refractivity contribution is -0.123. The Hall–Kier alpha value is -2.74. The van der Waals surface area contributed by atoms with Crippen molar-refractivity contribution < 1.29 is 18.7 Å². The number of hydrogen-bond donors (Lipinski definition) is 1. The van der Waals surface area contributed by atoms with Crippen LogP contribution in [0.15, 0.2) is 30.5 Å². The lowest BCUT2D eigenvalue weighted by Gasteiger charge is -2.30. The van der Waals surface area contributed by atoms with Crippen LogP contribution in [-0.2, 0) is 16.1 Å². The van der Waals surface area contributed by atoms with Gasteiger partial charge in [0.25, 0.3) is 0 Å². The van der Waals surface area contributed by atoms with E-state index in [1.54, 1.807) is 23.7 Å². The van der Waals surface area contributed by atoms with Gasteiger partial charge in [0.15, 0.2) is 0 Å². The maximum atomic E-state index is 13.3. The molecule has 144 valence electrons. The Morgan fingerprint density at radius 1 is 1.26 bits per heavy atom. The summed E-state index contributed by atoms with van der Waals surface area (Å²) in [5.74, 6) is -1.15. The molecule has 2 N–H and O–H groups in total. The van der Waals surface area contributed by atoms with E-state index in [4.69, 9.17) is 10.5 Å². The fourth-order valence-electron chi connectivity index (χ4n) is 3.30. The molecule has 1 saturated heterocycles. The first kappa shape index (κ1) is 19.0. The fraction of sp³-hybridized carbons (Fsp3) is 0.421. The summed E-state index contributed by atoms with van der Waals surface area (Å²) < 4.78 is 20.0. The minimum atomic E-state index is -0.437. The molecule has 1 aromatic carbocycles. The third kappa shape index (κ3) is 4.33. The number of nitrogens with two attached hydrogens (primary N) is 1. The van der Waals surface area contributed by atoms with Crippen molar-refractivity contribution >= 4 is 11.9 Å². The van der Waals surface area contributed by atoms with Crippen molar-refractivity contribution in [3.63, 3.8) is 0 Å². The number of esters is 1. The van der Waals surface area contributed by atoms with Crippen LogP contribution in [0.2, 0.25) is 0 Å². The molecular formula is C19H23FN4O3. The average molecular weight is 374 g/mol. The number of aromatic nitrogens is 2. The third-order valence-corrected chi connectivity index (χ3v) is 4.80. The van der Waals surface area contributed by atoms with Crippen molar-refractivity contribution in [2.24, 2.45) is 11.7 Å². The number of rotatable bonds is 6. The van der Waals surface area contributed by atoms with E-state index in [-0.39, 0.29) is 24.2 Å². The maximum absolute atomic E-state index is 13.3. The summed E-state index contributed by atoms with van der Waals surface area (Å²) in [6.07, 6.45) is 2.86. The van der Waals surface area contributed by atoms with Gasteiger partial charge in [-0.1, -0.05) is 0 Å². The second-order valence-corrected chi connectivity index (χ2v) is 6.57. The van der Waals surface area contributed by atoms with E-state index < -0.39 is 5.97 Å². The van der Waals surface area contributed by atoms with Gasteiger partial charge in [-0.25, -0.2) is 13.9 Å². The number of likely N-dealkylation sites (tertiary alicyclic amines) is 1. The third-order valence-electron chi connectivity index (χ3n) is 4.80. The van der Waals surface area contributed by atoms with Crippen LogP contribution in [0.25, 0.3) is 5.69 Å². The van der Waals surface area contributed by atoms with Crippen molar-refractivity contribution in [2.75, 3.05) is 19.7 Å². The first-order valence-electron chi connectivity index (χ1n) is 9.01. The van der Waals surface area contributed by atoms with E-state index in [9.17, 15) is 14.0 Å². The summed E-state index contributed by atoms with van der Waals surface area (Å²) >= 11 is 0. The Kier molecular flexibility index (Phi) is 5.85. The second-order valence-electron chi connectivity index (χ2n) is 6.57. The van der Waals surface area contributed by atoms with Crippen LogP contribution in [0.5, 0.6) is 0 Å². The Morgan fingerprint density at radius 2 is 1.93 bits per heavy atom. The summed E-state index contributed by atoms with van der Waals surface area (Å²) in [5.41, 5.74) is 7.12. The number of primary amides is 1. The number of ether oxygens (including phenoxy) is 1. The van der Waals surface area contributed by atoms with Crippen molar-refractivity contribution in [1.82, 2.24) is 14.7 Å². The average Bonchev–Trinajstić information content (AvgIpc) is 3.06. The highest BCUT2D eigenvalue weighted by molar-refractivity contribution is 5.90. The summed E-state index contributed by atoms with van der Waals surface area (Å²) in [6, 6.07) is 5.92. The van der Waals surface area contributed by atoms with Gasteiger partial charge in [-0.3, -0.25) is 9.69 Å². The van der Waals surface area contributed by atoms with Crippen molar-refractivity contribution in [3.05, 3.63) is 47.5 Å². The highest BCUT2D eigenvalue weighted by Crippen LogP contribution is 2.22.